The second kappa shape index (κ2) is 5.72. The van der Waals surface area contributed by atoms with Crippen molar-refractivity contribution in [2.45, 2.75) is 36.9 Å². The maximum atomic E-state index is 5.35. The van der Waals surface area contributed by atoms with Crippen LogP contribution in [0.3, 0.4) is 0 Å². The molecule has 1 aliphatic rings. The van der Waals surface area contributed by atoms with Crippen molar-refractivity contribution in [3.63, 3.8) is 0 Å². The van der Waals surface area contributed by atoms with Crippen LogP contribution in [-0.2, 0) is 6.42 Å². The fraction of sp³-hybridized carbons (Fsp3) is 0.571. The van der Waals surface area contributed by atoms with E-state index in [1.807, 2.05) is 12.1 Å². The topological polar surface area (TPSA) is 9.23 Å². The van der Waals surface area contributed by atoms with Gasteiger partial charge in [0.2, 0.25) is 0 Å². The number of para-hydroxylation sites is 1. The Morgan fingerprint density at radius 3 is 2.81 bits per heavy atom. The molecular weight excluding hydrogens is 264 g/mol. The highest BCUT2D eigenvalue weighted by Crippen LogP contribution is 2.38. The number of benzene rings is 1. The van der Waals surface area contributed by atoms with Gasteiger partial charge < -0.3 is 4.74 Å². The third-order valence-corrected chi connectivity index (χ3v) is 4.46. The first-order chi connectivity index (χ1) is 7.81. The minimum atomic E-state index is 0.738. The summed E-state index contributed by atoms with van der Waals surface area (Å²) < 4.78 is 5.35. The number of rotatable bonds is 6. The molecule has 0 radical (unpaired) electrons. The zero-order chi connectivity index (χ0) is 11.4. The Morgan fingerprint density at radius 1 is 1.38 bits per heavy atom. The first-order valence-electron chi connectivity index (χ1n) is 6.07. The van der Waals surface area contributed by atoms with E-state index < -0.39 is 0 Å². The fourth-order valence-electron chi connectivity index (χ4n) is 2.09. The fourth-order valence-corrected chi connectivity index (χ4v) is 2.94. The van der Waals surface area contributed by atoms with Crippen LogP contribution in [0.1, 0.15) is 31.2 Å². The third-order valence-electron chi connectivity index (χ3n) is 3.25. The summed E-state index contributed by atoms with van der Waals surface area (Å²) in [5, 5.41) is 0. The maximum absolute atomic E-state index is 5.35. The second-order valence-corrected chi connectivity index (χ2v) is 5.73. The van der Waals surface area contributed by atoms with Crippen LogP contribution in [0.5, 0.6) is 5.75 Å². The van der Waals surface area contributed by atoms with E-state index in [4.69, 9.17) is 4.74 Å². The van der Waals surface area contributed by atoms with E-state index in [2.05, 4.69) is 28.1 Å². The van der Waals surface area contributed by atoms with E-state index in [9.17, 15) is 0 Å². The molecule has 1 aromatic carbocycles. The molecule has 0 heterocycles. The van der Waals surface area contributed by atoms with Crippen molar-refractivity contribution in [3.8, 4) is 5.75 Å². The normalized spacial score (nSPS) is 17.1. The molecule has 1 aromatic rings. The van der Waals surface area contributed by atoms with Crippen LogP contribution in [0.25, 0.3) is 0 Å². The minimum Gasteiger partial charge on any atom is -0.496 e. The highest BCUT2D eigenvalue weighted by molar-refractivity contribution is 9.09. The summed E-state index contributed by atoms with van der Waals surface area (Å²) in [6, 6.07) is 8.32. The molecule has 2 heteroatoms. The van der Waals surface area contributed by atoms with Crippen molar-refractivity contribution in [1.29, 1.82) is 0 Å². The summed E-state index contributed by atoms with van der Waals surface area (Å²) in [7, 11) is 1.75. The average molecular weight is 283 g/mol. The van der Waals surface area contributed by atoms with Gasteiger partial charge in [-0.15, -0.1) is 0 Å². The van der Waals surface area contributed by atoms with Gasteiger partial charge in [0.15, 0.2) is 0 Å². The van der Waals surface area contributed by atoms with Gasteiger partial charge in [-0.1, -0.05) is 34.1 Å². The Bertz CT molecular complexity index is 333. The Kier molecular flexibility index (Phi) is 4.28. The first kappa shape index (κ1) is 12.0. The van der Waals surface area contributed by atoms with Crippen molar-refractivity contribution < 1.29 is 4.74 Å². The summed E-state index contributed by atoms with van der Waals surface area (Å²) in [5.41, 5.74) is 1.33. The molecule has 1 atom stereocenters. The molecule has 0 spiro atoms. The van der Waals surface area contributed by atoms with Gasteiger partial charge in [0, 0.05) is 4.83 Å². The highest BCUT2D eigenvalue weighted by atomic mass is 79.9. The molecule has 1 nitrogen and oxygen atoms in total. The number of methoxy groups -OCH3 is 1. The Hall–Kier alpha value is -0.500. The molecule has 0 N–H and O–H groups in total. The molecule has 1 fully saturated rings. The van der Waals surface area contributed by atoms with Crippen LogP contribution in [-0.4, -0.2) is 11.9 Å². The summed E-state index contributed by atoms with van der Waals surface area (Å²) >= 11 is 3.78. The van der Waals surface area contributed by atoms with E-state index in [1.165, 1.54) is 31.2 Å². The monoisotopic (exact) mass is 282 g/mol. The Morgan fingerprint density at radius 2 is 2.12 bits per heavy atom. The minimum absolute atomic E-state index is 0.738. The van der Waals surface area contributed by atoms with Crippen LogP contribution >= 0.6 is 15.9 Å². The number of ether oxygens (including phenoxy) is 1. The smallest absolute Gasteiger partial charge is 0.122 e. The molecular formula is C14H19BrO. The zero-order valence-corrected chi connectivity index (χ0v) is 11.4. The zero-order valence-electron chi connectivity index (χ0n) is 9.79. The summed E-state index contributed by atoms with van der Waals surface area (Å²) in [4.78, 5) is 0.738. The van der Waals surface area contributed by atoms with Crippen molar-refractivity contribution in [2.75, 3.05) is 7.11 Å². The van der Waals surface area contributed by atoms with E-state index >= 15 is 0 Å². The van der Waals surface area contributed by atoms with E-state index in [-0.39, 0.29) is 0 Å². The van der Waals surface area contributed by atoms with Gasteiger partial charge in [-0.3, -0.25) is 0 Å². The molecule has 1 saturated carbocycles. The van der Waals surface area contributed by atoms with Crippen LogP contribution in [0.2, 0.25) is 0 Å². The third kappa shape index (κ3) is 3.24. The lowest BCUT2D eigenvalue weighted by atomic mass is 10.0. The number of halogens is 1. The quantitative estimate of drug-likeness (QED) is 0.711. The molecule has 16 heavy (non-hydrogen) atoms. The van der Waals surface area contributed by atoms with Crippen molar-refractivity contribution in [3.05, 3.63) is 29.8 Å². The molecule has 0 saturated heterocycles. The summed E-state index contributed by atoms with van der Waals surface area (Å²) in [5.74, 6) is 1.98. The first-order valence-corrected chi connectivity index (χ1v) is 6.99. The largest absolute Gasteiger partial charge is 0.496 e. The van der Waals surface area contributed by atoms with E-state index in [0.29, 0.717) is 0 Å². The van der Waals surface area contributed by atoms with E-state index in [1.54, 1.807) is 7.11 Å². The van der Waals surface area contributed by atoms with Crippen LogP contribution in [0, 0.1) is 5.92 Å². The number of aryl methyl sites for hydroxylation is 1. The van der Waals surface area contributed by atoms with Crippen molar-refractivity contribution in [1.82, 2.24) is 0 Å². The maximum Gasteiger partial charge on any atom is 0.122 e. The number of hydrogen-bond donors (Lipinski definition) is 0. The molecule has 0 amide bonds. The Balaban J connectivity index is 1.79. The van der Waals surface area contributed by atoms with Gasteiger partial charge in [-0.05, 0) is 49.7 Å². The number of hydrogen-bond acceptors (Lipinski definition) is 1. The van der Waals surface area contributed by atoms with Gasteiger partial charge in [0.25, 0.3) is 0 Å². The van der Waals surface area contributed by atoms with E-state index in [0.717, 1.165) is 22.9 Å². The van der Waals surface area contributed by atoms with Crippen LogP contribution in [0.4, 0.5) is 0 Å². The Labute approximate surface area is 106 Å². The predicted octanol–water partition coefficient (Wildman–Crippen LogP) is 4.19. The predicted molar refractivity (Wildman–Crippen MR) is 71.4 cm³/mol. The van der Waals surface area contributed by atoms with Crippen LogP contribution < -0.4 is 4.74 Å². The highest BCUT2D eigenvalue weighted by Gasteiger charge is 2.28. The lowest BCUT2D eigenvalue weighted by Crippen LogP contribution is -2.01. The van der Waals surface area contributed by atoms with Crippen molar-refractivity contribution >= 4 is 15.9 Å². The van der Waals surface area contributed by atoms with Crippen LogP contribution in [0.15, 0.2) is 24.3 Å². The summed E-state index contributed by atoms with van der Waals surface area (Å²) in [6.45, 7) is 0. The molecule has 0 aliphatic heterocycles. The molecule has 0 aromatic heterocycles. The van der Waals surface area contributed by atoms with Gasteiger partial charge in [0.1, 0.15) is 5.75 Å². The average Bonchev–Trinajstić information content (AvgIpc) is 3.13. The lowest BCUT2D eigenvalue weighted by Gasteiger charge is -2.10. The van der Waals surface area contributed by atoms with Crippen molar-refractivity contribution in [2.24, 2.45) is 5.92 Å². The molecule has 0 bridgehead atoms. The molecule has 1 aliphatic carbocycles. The van der Waals surface area contributed by atoms with Gasteiger partial charge >= 0.3 is 0 Å². The molecule has 2 rings (SSSR count). The molecule has 88 valence electrons. The van der Waals surface area contributed by atoms with Gasteiger partial charge in [-0.25, -0.2) is 0 Å². The standard InChI is InChI=1S/C14H19BrO/c1-16-14-8-3-2-5-12(14)6-4-7-13(15)11-9-10-11/h2-3,5,8,11,13H,4,6-7,9-10H2,1H3. The number of alkyl halides is 1. The SMILES string of the molecule is COc1ccccc1CCCC(Br)C1CC1. The molecule has 1 unspecified atom stereocenters. The second-order valence-electron chi connectivity index (χ2n) is 4.56. The lowest BCUT2D eigenvalue weighted by molar-refractivity contribution is 0.408. The summed E-state index contributed by atoms with van der Waals surface area (Å²) in [6.07, 6.45) is 6.49. The van der Waals surface area contributed by atoms with Gasteiger partial charge in [0.05, 0.1) is 7.11 Å². The van der Waals surface area contributed by atoms with Gasteiger partial charge in [-0.2, -0.15) is 0 Å².